The first-order valence-corrected chi connectivity index (χ1v) is 6.91. The SMILES string of the molecule is C=C(C)CCCCCCCCCCC(=C)C. The summed E-state index contributed by atoms with van der Waals surface area (Å²) >= 11 is 0. The van der Waals surface area contributed by atoms with E-state index in [-0.39, 0.29) is 0 Å². The van der Waals surface area contributed by atoms with E-state index < -0.39 is 0 Å². The standard InChI is InChI=1S/C16H30/c1-15(2)13-11-9-7-5-6-8-10-12-14-16(3)4/h1,3,5-14H2,2,4H3. The van der Waals surface area contributed by atoms with E-state index in [4.69, 9.17) is 0 Å². The van der Waals surface area contributed by atoms with Gasteiger partial charge in [0, 0.05) is 0 Å². The number of hydrogen-bond acceptors (Lipinski definition) is 0. The van der Waals surface area contributed by atoms with Crippen LogP contribution in [0.15, 0.2) is 24.3 Å². The first kappa shape index (κ1) is 15.5. The molecule has 16 heavy (non-hydrogen) atoms. The van der Waals surface area contributed by atoms with E-state index in [1.165, 1.54) is 75.4 Å². The second-order valence-electron chi connectivity index (χ2n) is 5.24. The maximum Gasteiger partial charge on any atom is -0.0326 e. The Morgan fingerprint density at radius 2 is 0.812 bits per heavy atom. The van der Waals surface area contributed by atoms with E-state index in [1.54, 1.807) is 0 Å². The Morgan fingerprint density at radius 1 is 0.562 bits per heavy atom. The fourth-order valence-electron chi connectivity index (χ4n) is 1.91. The highest BCUT2D eigenvalue weighted by molar-refractivity contribution is 4.87. The quantitative estimate of drug-likeness (QED) is 0.295. The van der Waals surface area contributed by atoms with Gasteiger partial charge in [0.15, 0.2) is 0 Å². The van der Waals surface area contributed by atoms with Crippen LogP contribution in [-0.2, 0) is 0 Å². The molecule has 0 saturated carbocycles. The summed E-state index contributed by atoms with van der Waals surface area (Å²) in [6.45, 7) is 12.1. The zero-order valence-electron chi connectivity index (χ0n) is 11.5. The van der Waals surface area contributed by atoms with Gasteiger partial charge >= 0.3 is 0 Å². The Balaban J connectivity index is 2.98. The summed E-state index contributed by atoms with van der Waals surface area (Å²) in [5, 5.41) is 0. The van der Waals surface area contributed by atoms with E-state index in [2.05, 4.69) is 27.0 Å². The molecule has 94 valence electrons. The summed E-state index contributed by atoms with van der Waals surface area (Å²) < 4.78 is 0. The van der Waals surface area contributed by atoms with E-state index in [9.17, 15) is 0 Å². The first-order chi connectivity index (χ1) is 7.63. The highest BCUT2D eigenvalue weighted by Gasteiger charge is 1.93. The second-order valence-corrected chi connectivity index (χ2v) is 5.24. The Labute approximate surface area is 103 Å². The van der Waals surface area contributed by atoms with Crippen molar-refractivity contribution in [2.24, 2.45) is 0 Å². The normalized spacial score (nSPS) is 10.4. The molecule has 0 atom stereocenters. The summed E-state index contributed by atoms with van der Waals surface area (Å²) in [5.74, 6) is 0. The summed E-state index contributed by atoms with van der Waals surface area (Å²) in [6, 6.07) is 0. The largest absolute Gasteiger partial charge is 0.100 e. The molecular weight excluding hydrogens is 192 g/mol. The lowest BCUT2D eigenvalue weighted by Crippen LogP contribution is -1.83. The molecule has 0 unspecified atom stereocenters. The van der Waals surface area contributed by atoms with Crippen LogP contribution >= 0.6 is 0 Å². The minimum atomic E-state index is 1.22. The molecule has 0 rings (SSSR count). The van der Waals surface area contributed by atoms with Gasteiger partial charge < -0.3 is 0 Å². The smallest absolute Gasteiger partial charge is 0.0326 e. The molecule has 0 N–H and O–H groups in total. The van der Waals surface area contributed by atoms with Gasteiger partial charge in [0.05, 0.1) is 0 Å². The first-order valence-electron chi connectivity index (χ1n) is 6.91. The molecule has 0 saturated heterocycles. The maximum atomic E-state index is 3.93. The van der Waals surface area contributed by atoms with Gasteiger partial charge in [0.1, 0.15) is 0 Å². The molecule has 0 heterocycles. The monoisotopic (exact) mass is 222 g/mol. The molecule has 0 aliphatic heterocycles. The Hall–Kier alpha value is -0.520. The van der Waals surface area contributed by atoms with E-state index in [1.807, 2.05) is 0 Å². The number of rotatable bonds is 11. The average Bonchev–Trinajstić information content (AvgIpc) is 2.20. The molecule has 0 aromatic heterocycles. The van der Waals surface area contributed by atoms with Crippen LogP contribution in [0.4, 0.5) is 0 Å². The van der Waals surface area contributed by atoms with Crippen molar-refractivity contribution in [2.45, 2.75) is 78.1 Å². The van der Waals surface area contributed by atoms with Crippen molar-refractivity contribution >= 4 is 0 Å². The van der Waals surface area contributed by atoms with Crippen LogP contribution < -0.4 is 0 Å². The van der Waals surface area contributed by atoms with Crippen molar-refractivity contribution in [2.75, 3.05) is 0 Å². The maximum absolute atomic E-state index is 3.93. The van der Waals surface area contributed by atoms with Crippen molar-refractivity contribution in [1.29, 1.82) is 0 Å². The van der Waals surface area contributed by atoms with Gasteiger partial charge in [0.2, 0.25) is 0 Å². The van der Waals surface area contributed by atoms with Gasteiger partial charge in [-0.1, -0.05) is 49.7 Å². The van der Waals surface area contributed by atoms with Gasteiger partial charge in [-0.05, 0) is 39.5 Å². The summed E-state index contributed by atoms with van der Waals surface area (Å²) in [6.07, 6.45) is 13.6. The van der Waals surface area contributed by atoms with E-state index in [0.29, 0.717) is 0 Å². The van der Waals surface area contributed by atoms with Crippen molar-refractivity contribution in [3.05, 3.63) is 24.3 Å². The van der Waals surface area contributed by atoms with Crippen LogP contribution in [0.2, 0.25) is 0 Å². The summed E-state index contributed by atoms with van der Waals surface area (Å²) in [4.78, 5) is 0. The molecule has 0 aromatic rings. The number of allylic oxidation sites excluding steroid dienone is 2. The van der Waals surface area contributed by atoms with Gasteiger partial charge in [-0.2, -0.15) is 0 Å². The summed E-state index contributed by atoms with van der Waals surface area (Å²) in [7, 11) is 0. The third-order valence-electron chi connectivity index (χ3n) is 2.96. The van der Waals surface area contributed by atoms with Crippen molar-refractivity contribution in [3.63, 3.8) is 0 Å². The number of hydrogen-bond donors (Lipinski definition) is 0. The zero-order valence-corrected chi connectivity index (χ0v) is 11.5. The molecule has 0 bridgehead atoms. The minimum absolute atomic E-state index is 1.22. The van der Waals surface area contributed by atoms with Crippen LogP contribution in [0.1, 0.15) is 78.1 Å². The van der Waals surface area contributed by atoms with Crippen LogP contribution in [0.3, 0.4) is 0 Å². The van der Waals surface area contributed by atoms with Crippen molar-refractivity contribution < 1.29 is 0 Å². The van der Waals surface area contributed by atoms with Crippen molar-refractivity contribution in [3.8, 4) is 0 Å². The number of unbranched alkanes of at least 4 members (excludes halogenated alkanes) is 7. The van der Waals surface area contributed by atoms with Crippen LogP contribution in [0, 0.1) is 0 Å². The lowest BCUT2D eigenvalue weighted by molar-refractivity contribution is 0.567. The lowest BCUT2D eigenvalue weighted by Gasteiger charge is -2.02. The van der Waals surface area contributed by atoms with E-state index >= 15 is 0 Å². The molecule has 0 radical (unpaired) electrons. The molecule has 0 heteroatoms. The lowest BCUT2D eigenvalue weighted by atomic mass is 10.0. The Bertz CT molecular complexity index is 166. The Morgan fingerprint density at radius 3 is 1.06 bits per heavy atom. The van der Waals surface area contributed by atoms with Crippen molar-refractivity contribution in [1.82, 2.24) is 0 Å². The van der Waals surface area contributed by atoms with Crippen LogP contribution in [0.25, 0.3) is 0 Å². The highest BCUT2D eigenvalue weighted by atomic mass is 14.0. The van der Waals surface area contributed by atoms with Gasteiger partial charge in [-0.25, -0.2) is 0 Å². The predicted octanol–water partition coefficient (Wildman–Crippen LogP) is 6.04. The van der Waals surface area contributed by atoms with Crippen LogP contribution in [-0.4, -0.2) is 0 Å². The predicted molar refractivity (Wildman–Crippen MR) is 75.8 cm³/mol. The third-order valence-corrected chi connectivity index (χ3v) is 2.96. The Kier molecular flexibility index (Phi) is 10.6. The summed E-state index contributed by atoms with van der Waals surface area (Å²) in [5.41, 5.74) is 2.67. The fraction of sp³-hybridized carbons (Fsp3) is 0.750. The molecule has 0 aromatic carbocycles. The van der Waals surface area contributed by atoms with Crippen LogP contribution in [0.5, 0.6) is 0 Å². The van der Waals surface area contributed by atoms with Gasteiger partial charge in [0.25, 0.3) is 0 Å². The zero-order chi connectivity index (χ0) is 12.2. The molecule has 0 aliphatic rings. The molecular formula is C16H30. The highest BCUT2D eigenvalue weighted by Crippen LogP contribution is 2.13. The molecule has 0 spiro atoms. The molecule has 0 fully saturated rings. The second kappa shape index (κ2) is 11.0. The average molecular weight is 222 g/mol. The van der Waals surface area contributed by atoms with Gasteiger partial charge in [-0.3, -0.25) is 0 Å². The van der Waals surface area contributed by atoms with Gasteiger partial charge in [-0.15, -0.1) is 13.2 Å². The fourth-order valence-corrected chi connectivity index (χ4v) is 1.91. The topological polar surface area (TPSA) is 0 Å². The molecule has 0 nitrogen and oxygen atoms in total. The molecule has 0 aliphatic carbocycles. The van der Waals surface area contributed by atoms with E-state index in [0.717, 1.165) is 0 Å². The minimum Gasteiger partial charge on any atom is -0.100 e. The third kappa shape index (κ3) is 13.5. The molecule has 0 amide bonds.